The van der Waals surface area contributed by atoms with Gasteiger partial charge in [0.05, 0.1) is 18.6 Å². The Labute approximate surface area is 190 Å². The van der Waals surface area contributed by atoms with Crippen molar-refractivity contribution in [3.63, 3.8) is 0 Å². The normalized spacial score (nSPS) is 20.1. The maximum atomic E-state index is 13.4. The molecule has 1 amide bonds. The van der Waals surface area contributed by atoms with Gasteiger partial charge < -0.3 is 19.1 Å². The van der Waals surface area contributed by atoms with Gasteiger partial charge in [0.15, 0.2) is 0 Å². The summed E-state index contributed by atoms with van der Waals surface area (Å²) in [5, 5.41) is 0. The lowest BCUT2D eigenvalue weighted by molar-refractivity contribution is -0.137. The summed E-state index contributed by atoms with van der Waals surface area (Å²) < 4.78 is 47.0. The second kappa shape index (κ2) is 9.44. The SMILES string of the molecule is COC(=O)c1cccn1C1CCN(C(=O)C2CCCN(c3ncccc3C(F)(F)F)C2)CC1. The van der Waals surface area contributed by atoms with E-state index in [0.717, 1.165) is 6.07 Å². The van der Waals surface area contributed by atoms with E-state index in [2.05, 4.69) is 4.98 Å². The van der Waals surface area contributed by atoms with Gasteiger partial charge in [0.25, 0.3) is 0 Å². The van der Waals surface area contributed by atoms with Gasteiger partial charge >= 0.3 is 12.1 Å². The zero-order valence-electron chi connectivity index (χ0n) is 18.4. The molecule has 4 rings (SSSR count). The van der Waals surface area contributed by atoms with Crippen molar-refractivity contribution in [3.05, 3.63) is 47.9 Å². The van der Waals surface area contributed by atoms with Crippen molar-refractivity contribution in [2.45, 2.75) is 37.9 Å². The van der Waals surface area contributed by atoms with Crippen LogP contribution in [0.2, 0.25) is 0 Å². The smallest absolute Gasteiger partial charge is 0.419 e. The van der Waals surface area contributed by atoms with E-state index >= 15 is 0 Å². The van der Waals surface area contributed by atoms with Gasteiger partial charge in [0, 0.05) is 44.6 Å². The second-order valence-electron chi connectivity index (χ2n) is 8.51. The Morgan fingerprint density at radius 3 is 2.55 bits per heavy atom. The zero-order chi connectivity index (χ0) is 23.6. The van der Waals surface area contributed by atoms with Crippen LogP contribution < -0.4 is 4.90 Å². The third-order valence-corrected chi connectivity index (χ3v) is 6.51. The molecule has 10 heteroatoms. The van der Waals surface area contributed by atoms with Gasteiger partial charge in [-0.3, -0.25) is 4.79 Å². The third-order valence-electron chi connectivity index (χ3n) is 6.51. The molecule has 2 aliphatic rings. The maximum absolute atomic E-state index is 13.4. The van der Waals surface area contributed by atoms with Crippen molar-refractivity contribution in [1.29, 1.82) is 0 Å². The van der Waals surface area contributed by atoms with Gasteiger partial charge in [0.1, 0.15) is 11.5 Å². The molecule has 1 unspecified atom stereocenters. The van der Waals surface area contributed by atoms with Gasteiger partial charge in [-0.2, -0.15) is 13.2 Å². The van der Waals surface area contributed by atoms with Crippen LogP contribution in [0.1, 0.15) is 47.8 Å². The van der Waals surface area contributed by atoms with Gasteiger partial charge in [0.2, 0.25) is 5.91 Å². The molecular formula is C23H27F3N4O3. The van der Waals surface area contributed by atoms with Crippen LogP contribution in [0, 0.1) is 5.92 Å². The van der Waals surface area contributed by atoms with Crippen LogP contribution in [0.25, 0.3) is 0 Å². The third kappa shape index (κ3) is 4.84. The molecule has 1 atom stereocenters. The fourth-order valence-corrected chi connectivity index (χ4v) is 4.85. The molecule has 0 spiro atoms. The van der Waals surface area contributed by atoms with Gasteiger partial charge in [-0.05, 0) is 49.9 Å². The number of hydrogen-bond donors (Lipinski definition) is 0. The van der Waals surface area contributed by atoms with Crippen molar-refractivity contribution < 1.29 is 27.5 Å². The first kappa shape index (κ1) is 23.1. The number of carbonyl (C=O) groups is 2. The molecule has 0 saturated carbocycles. The quantitative estimate of drug-likeness (QED) is 0.645. The molecule has 4 heterocycles. The van der Waals surface area contributed by atoms with Crippen molar-refractivity contribution in [3.8, 4) is 0 Å². The zero-order valence-corrected chi connectivity index (χ0v) is 18.4. The molecule has 0 aromatic carbocycles. The van der Waals surface area contributed by atoms with Gasteiger partial charge in [-0.1, -0.05) is 0 Å². The van der Waals surface area contributed by atoms with Crippen LogP contribution in [0.3, 0.4) is 0 Å². The number of hydrogen-bond acceptors (Lipinski definition) is 5. The van der Waals surface area contributed by atoms with Crippen LogP contribution in [0.15, 0.2) is 36.7 Å². The molecule has 2 aromatic rings. The first-order valence-electron chi connectivity index (χ1n) is 11.1. The summed E-state index contributed by atoms with van der Waals surface area (Å²) >= 11 is 0. The monoisotopic (exact) mass is 464 g/mol. The fraction of sp³-hybridized carbons (Fsp3) is 0.522. The molecule has 33 heavy (non-hydrogen) atoms. The number of ether oxygens (including phenoxy) is 1. The summed E-state index contributed by atoms with van der Waals surface area (Å²) in [7, 11) is 1.34. The Morgan fingerprint density at radius 2 is 1.85 bits per heavy atom. The van der Waals surface area contributed by atoms with E-state index in [1.165, 1.54) is 19.4 Å². The predicted molar refractivity (Wildman–Crippen MR) is 115 cm³/mol. The minimum atomic E-state index is -4.50. The molecule has 0 radical (unpaired) electrons. The molecule has 0 aliphatic carbocycles. The Morgan fingerprint density at radius 1 is 1.09 bits per heavy atom. The van der Waals surface area contributed by atoms with Crippen molar-refractivity contribution >= 4 is 17.7 Å². The molecule has 2 aromatic heterocycles. The fourth-order valence-electron chi connectivity index (χ4n) is 4.85. The van der Waals surface area contributed by atoms with E-state index < -0.39 is 17.7 Å². The summed E-state index contributed by atoms with van der Waals surface area (Å²) in [6.45, 7) is 1.74. The molecule has 2 saturated heterocycles. The number of piperidine rings is 2. The lowest BCUT2D eigenvalue weighted by Gasteiger charge is -2.39. The summed E-state index contributed by atoms with van der Waals surface area (Å²) in [5.74, 6) is -0.892. The Balaban J connectivity index is 1.40. The number of rotatable bonds is 4. The van der Waals surface area contributed by atoms with E-state index in [0.29, 0.717) is 51.0 Å². The van der Waals surface area contributed by atoms with E-state index in [9.17, 15) is 22.8 Å². The summed E-state index contributed by atoms with van der Waals surface area (Å²) in [5.41, 5.74) is -0.284. The number of esters is 1. The first-order chi connectivity index (χ1) is 15.8. The first-order valence-corrected chi connectivity index (χ1v) is 11.1. The van der Waals surface area contributed by atoms with Crippen molar-refractivity contribution in [2.24, 2.45) is 5.92 Å². The molecular weight excluding hydrogens is 437 g/mol. The highest BCUT2D eigenvalue weighted by molar-refractivity contribution is 5.87. The highest BCUT2D eigenvalue weighted by Crippen LogP contribution is 2.37. The Kier molecular flexibility index (Phi) is 6.62. The van der Waals surface area contributed by atoms with E-state index in [4.69, 9.17) is 4.74 Å². The number of nitrogens with zero attached hydrogens (tertiary/aromatic N) is 4. The van der Waals surface area contributed by atoms with Crippen molar-refractivity contribution in [1.82, 2.24) is 14.5 Å². The molecule has 7 nitrogen and oxygen atoms in total. The van der Waals surface area contributed by atoms with Crippen LogP contribution in [0.5, 0.6) is 0 Å². The van der Waals surface area contributed by atoms with Gasteiger partial charge in [-0.25, -0.2) is 9.78 Å². The topological polar surface area (TPSA) is 67.7 Å². The number of amides is 1. The second-order valence-corrected chi connectivity index (χ2v) is 8.51. The average molecular weight is 464 g/mol. The molecule has 2 fully saturated rings. The van der Waals surface area contributed by atoms with Crippen LogP contribution in [-0.2, 0) is 15.7 Å². The predicted octanol–water partition coefficient (Wildman–Crippen LogP) is 3.77. The number of halogens is 3. The van der Waals surface area contributed by atoms with Crippen LogP contribution in [0.4, 0.5) is 19.0 Å². The molecule has 178 valence electrons. The van der Waals surface area contributed by atoms with E-state index in [1.807, 2.05) is 10.8 Å². The molecule has 0 bridgehead atoms. The number of methoxy groups -OCH3 is 1. The standard InChI is InChI=1S/C23H27F3N4O3/c1-33-22(32)19-7-4-12-30(19)17-8-13-28(14-9-17)21(31)16-5-3-11-29(15-16)20-18(23(24,25)26)6-2-10-27-20/h2,4,6-7,10,12,16-17H,3,5,8-9,11,13-15H2,1H3. The summed E-state index contributed by atoms with van der Waals surface area (Å²) in [4.78, 5) is 32.5. The number of alkyl halides is 3. The lowest BCUT2D eigenvalue weighted by atomic mass is 9.94. The van der Waals surface area contributed by atoms with Crippen molar-refractivity contribution in [2.75, 3.05) is 38.2 Å². The number of pyridine rings is 1. The van der Waals surface area contributed by atoms with E-state index in [-0.39, 0.29) is 30.2 Å². The van der Waals surface area contributed by atoms with Crippen LogP contribution >= 0.6 is 0 Å². The molecule has 0 N–H and O–H groups in total. The molecule has 2 aliphatic heterocycles. The maximum Gasteiger partial charge on any atom is 0.419 e. The summed E-state index contributed by atoms with van der Waals surface area (Å²) in [6.07, 6.45) is 1.37. The Hall–Kier alpha value is -3.04. The van der Waals surface area contributed by atoms with Crippen LogP contribution in [-0.4, -0.2) is 59.6 Å². The van der Waals surface area contributed by atoms with E-state index in [1.54, 1.807) is 21.9 Å². The minimum Gasteiger partial charge on any atom is -0.464 e. The number of likely N-dealkylation sites (tertiary alicyclic amines) is 1. The number of carbonyl (C=O) groups excluding carboxylic acids is 2. The highest BCUT2D eigenvalue weighted by Gasteiger charge is 2.38. The Bertz CT molecular complexity index is 999. The minimum absolute atomic E-state index is 0.0247. The number of anilines is 1. The summed E-state index contributed by atoms with van der Waals surface area (Å²) in [6, 6.07) is 5.91. The highest BCUT2D eigenvalue weighted by atomic mass is 19.4. The average Bonchev–Trinajstić information content (AvgIpc) is 3.33. The number of aromatic nitrogens is 2. The van der Waals surface area contributed by atoms with Gasteiger partial charge in [-0.15, -0.1) is 0 Å². The largest absolute Gasteiger partial charge is 0.464 e. The lowest BCUT2D eigenvalue weighted by Crippen LogP contribution is -2.48.